The number of hydrogen-bond donors (Lipinski definition) is 1. The van der Waals surface area contributed by atoms with Crippen molar-refractivity contribution in [1.82, 2.24) is 0 Å². The molecular formula is C20H17BO2. The van der Waals surface area contributed by atoms with Crippen LogP contribution in [-0.4, -0.2) is 18.7 Å². The predicted molar refractivity (Wildman–Crippen MR) is 97.9 cm³/mol. The Morgan fingerprint density at radius 2 is 1.83 bits per heavy atom. The highest BCUT2D eigenvalue weighted by Gasteiger charge is 2.29. The molecule has 0 atom stereocenters. The minimum atomic E-state index is -0.172. The number of Topliss-reactive ketones (excluding diaryl/α,β-unsaturated/α-hetero) is 1. The van der Waals surface area contributed by atoms with Gasteiger partial charge in [0.15, 0.2) is 5.78 Å². The molecule has 2 nitrogen and oxygen atoms in total. The molecule has 1 aliphatic rings. The number of aryl methyl sites for hydroxylation is 1. The third-order valence-corrected chi connectivity index (χ3v) is 4.21. The monoisotopic (exact) mass is 300 g/mol. The van der Waals surface area contributed by atoms with E-state index in [9.17, 15) is 9.90 Å². The van der Waals surface area contributed by atoms with E-state index in [1.54, 1.807) is 30.3 Å². The van der Waals surface area contributed by atoms with Crippen molar-refractivity contribution < 1.29 is 9.90 Å². The fraction of sp³-hybridized carbons (Fsp3) is 0.0500. The molecule has 0 aromatic heterocycles. The molecule has 0 spiro atoms. The first-order valence-corrected chi connectivity index (χ1v) is 7.51. The van der Waals surface area contributed by atoms with Crippen LogP contribution in [0.4, 0.5) is 0 Å². The van der Waals surface area contributed by atoms with Gasteiger partial charge in [-0.1, -0.05) is 66.7 Å². The van der Waals surface area contributed by atoms with Gasteiger partial charge >= 0.3 is 0 Å². The summed E-state index contributed by atoms with van der Waals surface area (Å²) in [6.45, 7) is 6.01. The summed E-state index contributed by atoms with van der Waals surface area (Å²) in [6, 6.07) is 13.2. The van der Waals surface area contributed by atoms with Crippen molar-refractivity contribution >= 4 is 30.9 Å². The summed E-state index contributed by atoms with van der Waals surface area (Å²) in [5.41, 5.74) is 5.34. The Morgan fingerprint density at radius 1 is 1.13 bits per heavy atom. The molecule has 0 fully saturated rings. The van der Waals surface area contributed by atoms with Gasteiger partial charge in [0.2, 0.25) is 0 Å². The highest BCUT2D eigenvalue weighted by Crippen LogP contribution is 2.34. The molecule has 3 heteroatoms. The number of aliphatic hydroxyl groups is 1. The molecule has 0 unspecified atom stereocenters. The van der Waals surface area contributed by atoms with Crippen molar-refractivity contribution in [3.8, 4) is 0 Å². The van der Waals surface area contributed by atoms with E-state index in [2.05, 4.69) is 6.58 Å². The molecule has 2 aromatic rings. The van der Waals surface area contributed by atoms with Gasteiger partial charge in [-0.05, 0) is 23.6 Å². The second kappa shape index (κ2) is 5.77. The Labute approximate surface area is 136 Å². The van der Waals surface area contributed by atoms with Gasteiger partial charge in [0.05, 0.1) is 5.57 Å². The fourth-order valence-electron chi connectivity index (χ4n) is 2.92. The minimum absolute atomic E-state index is 0.0155. The summed E-state index contributed by atoms with van der Waals surface area (Å²) in [6.07, 6.45) is 3.74. The molecule has 0 amide bonds. The average molecular weight is 300 g/mol. The Hall–Kier alpha value is -2.81. The first-order chi connectivity index (χ1) is 11.0. The number of allylic oxidation sites excluding steroid dienone is 3. The number of rotatable bonds is 3. The van der Waals surface area contributed by atoms with Crippen LogP contribution in [0.15, 0.2) is 66.3 Å². The van der Waals surface area contributed by atoms with Gasteiger partial charge in [-0.3, -0.25) is 4.79 Å². The van der Waals surface area contributed by atoms with E-state index >= 15 is 0 Å². The lowest BCUT2D eigenvalue weighted by molar-refractivity contribution is 0.104. The lowest BCUT2D eigenvalue weighted by atomic mass is 9.87. The van der Waals surface area contributed by atoms with Crippen molar-refractivity contribution in [1.29, 1.82) is 0 Å². The number of carbonyl (C=O) groups excluding carboxylic acids is 1. The van der Waals surface area contributed by atoms with Crippen LogP contribution in [0.5, 0.6) is 0 Å². The Kier molecular flexibility index (Phi) is 3.79. The molecule has 0 aliphatic heterocycles. The molecule has 0 heterocycles. The Balaban J connectivity index is 1.95. The fourth-order valence-corrected chi connectivity index (χ4v) is 2.92. The summed E-state index contributed by atoms with van der Waals surface area (Å²) in [7, 11) is 2.04. The molecule has 1 aliphatic carbocycles. The smallest absolute Gasteiger partial charge is 0.198 e. The molecule has 23 heavy (non-hydrogen) atoms. The van der Waals surface area contributed by atoms with Gasteiger partial charge in [-0.2, -0.15) is 0 Å². The zero-order valence-electron chi connectivity index (χ0n) is 13.3. The zero-order valence-corrected chi connectivity index (χ0v) is 13.3. The predicted octanol–water partition coefficient (Wildman–Crippen LogP) is 2.99. The summed E-state index contributed by atoms with van der Waals surface area (Å²) in [4.78, 5) is 12.5. The second-order valence-corrected chi connectivity index (χ2v) is 5.76. The van der Waals surface area contributed by atoms with Crippen LogP contribution in [0.25, 0.3) is 11.8 Å². The number of carbonyl (C=O) groups is 1. The first kappa shape index (κ1) is 15.1. The molecule has 0 bridgehead atoms. The highest BCUT2D eigenvalue weighted by molar-refractivity contribution is 6.34. The van der Waals surface area contributed by atoms with E-state index in [1.165, 1.54) is 0 Å². The second-order valence-electron chi connectivity index (χ2n) is 5.76. The maximum Gasteiger partial charge on any atom is 0.198 e. The number of hydrogen-bond acceptors (Lipinski definition) is 2. The van der Waals surface area contributed by atoms with Crippen molar-refractivity contribution in [2.24, 2.45) is 0 Å². The van der Waals surface area contributed by atoms with Crippen molar-refractivity contribution in [3.63, 3.8) is 0 Å². The van der Waals surface area contributed by atoms with Crippen LogP contribution in [0.2, 0.25) is 0 Å². The largest absolute Gasteiger partial charge is 0.507 e. The third-order valence-electron chi connectivity index (χ3n) is 4.21. The van der Waals surface area contributed by atoms with Gasteiger partial charge in [0, 0.05) is 11.1 Å². The van der Waals surface area contributed by atoms with E-state index in [4.69, 9.17) is 0 Å². The van der Waals surface area contributed by atoms with Crippen LogP contribution < -0.4 is 5.46 Å². The minimum Gasteiger partial charge on any atom is -0.507 e. The summed E-state index contributed by atoms with van der Waals surface area (Å²) in [5.74, 6) is -0.156. The topological polar surface area (TPSA) is 37.3 Å². The molecular weight excluding hydrogens is 283 g/mol. The SMILES string of the molecule is Bc1cccc(C)c1/C=C\C(=C)C1=C(O)c2ccccc2C1=O. The molecule has 1 N–H and O–H groups in total. The Bertz CT molecular complexity index is 868. The number of benzene rings is 2. The van der Waals surface area contributed by atoms with Crippen LogP contribution in [0.3, 0.4) is 0 Å². The van der Waals surface area contributed by atoms with E-state index in [1.807, 2.05) is 39.0 Å². The van der Waals surface area contributed by atoms with Crippen molar-refractivity contribution in [3.05, 3.63) is 88.5 Å². The highest BCUT2D eigenvalue weighted by atomic mass is 16.3. The summed E-state index contributed by atoms with van der Waals surface area (Å²) < 4.78 is 0. The number of aliphatic hydroxyl groups excluding tert-OH is 1. The average Bonchev–Trinajstić information content (AvgIpc) is 2.79. The van der Waals surface area contributed by atoms with Crippen molar-refractivity contribution in [2.75, 3.05) is 0 Å². The number of ketones is 1. The quantitative estimate of drug-likeness (QED) is 0.699. The zero-order chi connectivity index (χ0) is 16.6. The van der Waals surface area contributed by atoms with E-state index in [0.717, 1.165) is 16.6 Å². The van der Waals surface area contributed by atoms with Crippen molar-refractivity contribution in [2.45, 2.75) is 6.92 Å². The van der Waals surface area contributed by atoms with Gasteiger partial charge in [-0.15, -0.1) is 0 Å². The van der Waals surface area contributed by atoms with E-state index in [-0.39, 0.29) is 17.1 Å². The maximum atomic E-state index is 12.5. The molecule has 2 aromatic carbocycles. The van der Waals surface area contributed by atoms with Gasteiger partial charge in [-0.25, -0.2) is 0 Å². The van der Waals surface area contributed by atoms with Gasteiger partial charge in [0.25, 0.3) is 0 Å². The molecule has 0 saturated heterocycles. The molecule has 3 rings (SSSR count). The normalized spacial score (nSPS) is 13.7. The van der Waals surface area contributed by atoms with Gasteiger partial charge < -0.3 is 5.11 Å². The first-order valence-electron chi connectivity index (χ1n) is 7.51. The third kappa shape index (κ3) is 2.55. The maximum absolute atomic E-state index is 12.5. The molecule has 112 valence electrons. The molecule has 0 saturated carbocycles. The van der Waals surface area contributed by atoms with Gasteiger partial charge in [0.1, 0.15) is 13.6 Å². The van der Waals surface area contributed by atoms with E-state index in [0.29, 0.717) is 16.7 Å². The standard InChI is InChI=1S/C20H17BO2/c1-12-6-5-9-17(21)14(12)11-10-13(2)18-19(22)15-7-3-4-8-16(15)20(18)23/h3-11,22H,2,21H2,1H3/b11-10-. The van der Waals surface area contributed by atoms with Crippen LogP contribution >= 0.6 is 0 Å². The Morgan fingerprint density at radius 3 is 2.48 bits per heavy atom. The van der Waals surface area contributed by atoms with Crippen LogP contribution in [0, 0.1) is 6.92 Å². The van der Waals surface area contributed by atoms with Crippen LogP contribution in [-0.2, 0) is 0 Å². The summed E-state index contributed by atoms with van der Waals surface area (Å²) >= 11 is 0. The van der Waals surface area contributed by atoms with E-state index < -0.39 is 0 Å². The number of fused-ring (bicyclic) bond motifs is 1. The lowest BCUT2D eigenvalue weighted by Gasteiger charge is -2.06. The summed E-state index contributed by atoms with van der Waals surface area (Å²) in [5, 5.41) is 10.4. The van der Waals surface area contributed by atoms with Crippen LogP contribution in [0.1, 0.15) is 27.0 Å². The molecule has 0 radical (unpaired) electrons. The lowest BCUT2D eigenvalue weighted by Crippen LogP contribution is -2.08.